The van der Waals surface area contributed by atoms with E-state index in [1.807, 2.05) is 13.8 Å². The first-order chi connectivity index (χ1) is 15.8. The molecule has 9 nitrogen and oxygen atoms in total. The molecule has 2 aromatic heterocycles. The lowest BCUT2D eigenvalue weighted by molar-refractivity contribution is -0.141. The summed E-state index contributed by atoms with van der Waals surface area (Å²) in [6.07, 6.45) is 2.28. The maximum absolute atomic E-state index is 13.2. The van der Waals surface area contributed by atoms with Gasteiger partial charge in [-0.25, -0.2) is 13.4 Å². The second-order valence-electron chi connectivity index (χ2n) is 8.17. The van der Waals surface area contributed by atoms with Gasteiger partial charge in [-0.3, -0.25) is 4.79 Å². The van der Waals surface area contributed by atoms with Gasteiger partial charge in [-0.05, 0) is 30.2 Å². The van der Waals surface area contributed by atoms with Crippen LogP contribution in [0, 0.1) is 17.2 Å². The van der Waals surface area contributed by atoms with Crippen LogP contribution < -0.4 is 4.74 Å². The third kappa shape index (κ3) is 4.42. The van der Waals surface area contributed by atoms with Crippen molar-refractivity contribution in [3.05, 3.63) is 54.4 Å². The number of carbonyl (C=O) groups excluding carboxylic acids is 1. The van der Waals surface area contributed by atoms with Gasteiger partial charge in [0.15, 0.2) is 6.10 Å². The molecule has 0 spiro atoms. The summed E-state index contributed by atoms with van der Waals surface area (Å²) in [6, 6.07) is 12.3. The zero-order valence-corrected chi connectivity index (χ0v) is 19.2. The van der Waals surface area contributed by atoms with Crippen LogP contribution in [0.15, 0.2) is 53.7 Å². The number of hydrogen-bond acceptors (Lipinski definition) is 6. The normalized spacial score (nSPS) is 16.0. The number of rotatable bonds is 6. The van der Waals surface area contributed by atoms with Crippen molar-refractivity contribution in [2.24, 2.45) is 5.92 Å². The van der Waals surface area contributed by atoms with Crippen LogP contribution in [0.25, 0.3) is 11.0 Å². The molecule has 4 rings (SSSR count). The molecule has 172 valence electrons. The first-order valence-corrected chi connectivity index (χ1v) is 12.1. The predicted molar refractivity (Wildman–Crippen MR) is 122 cm³/mol. The van der Waals surface area contributed by atoms with Gasteiger partial charge in [0.25, 0.3) is 5.91 Å². The first-order valence-electron chi connectivity index (χ1n) is 10.7. The minimum Gasteiger partial charge on any atom is -0.479 e. The van der Waals surface area contributed by atoms with Crippen molar-refractivity contribution < 1.29 is 17.9 Å². The van der Waals surface area contributed by atoms with Crippen LogP contribution >= 0.6 is 0 Å². The van der Waals surface area contributed by atoms with E-state index in [1.165, 1.54) is 10.5 Å². The van der Waals surface area contributed by atoms with Crippen LogP contribution in [-0.4, -0.2) is 65.8 Å². The Labute approximate surface area is 192 Å². The van der Waals surface area contributed by atoms with Gasteiger partial charge in [-0.15, -0.1) is 0 Å². The van der Waals surface area contributed by atoms with E-state index < -0.39 is 16.1 Å². The molecule has 1 unspecified atom stereocenters. The molecule has 0 radical (unpaired) electrons. The Kier molecular flexibility index (Phi) is 6.35. The molecule has 0 bridgehead atoms. The summed E-state index contributed by atoms with van der Waals surface area (Å²) in [5.41, 5.74) is 0.875. The van der Waals surface area contributed by atoms with Crippen molar-refractivity contribution in [2.75, 3.05) is 26.2 Å². The summed E-state index contributed by atoms with van der Waals surface area (Å²) < 4.78 is 33.8. The number of nitriles is 1. The fraction of sp³-hybridized carbons (Fsp3) is 0.348. The highest BCUT2D eigenvalue weighted by atomic mass is 32.2. The van der Waals surface area contributed by atoms with Gasteiger partial charge in [-0.1, -0.05) is 26.0 Å². The molecule has 1 aliphatic heterocycles. The lowest BCUT2D eigenvalue weighted by atomic mass is 10.1. The molecule has 1 N–H and O–H groups in total. The van der Waals surface area contributed by atoms with Crippen molar-refractivity contribution in [1.82, 2.24) is 19.2 Å². The Morgan fingerprint density at radius 1 is 1.15 bits per heavy atom. The van der Waals surface area contributed by atoms with Gasteiger partial charge < -0.3 is 14.6 Å². The second-order valence-corrected chi connectivity index (χ2v) is 10.1. The highest BCUT2D eigenvalue weighted by molar-refractivity contribution is 7.89. The smallest absolute Gasteiger partial charge is 0.264 e. The summed E-state index contributed by atoms with van der Waals surface area (Å²) in [7, 11) is -3.73. The third-order valence-corrected chi connectivity index (χ3v) is 7.63. The maximum Gasteiger partial charge on any atom is 0.264 e. The summed E-state index contributed by atoms with van der Waals surface area (Å²) in [5, 5.41) is 9.86. The van der Waals surface area contributed by atoms with Crippen molar-refractivity contribution in [1.29, 1.82) is 5.26 Å². The van der Waals surface area contributed by atoms with E-state index in [-0.39, 0.29) is 42.9 Å². The number of para-hydroxylation sites is 1. The van der Waals surface area contributed by atoms with Gasteiger partial charge in [0.2, 0.25) is 10.0 Å². The fourth-order valence-electron chi connectivity index (χ4n) is 3.88. The number of carbonyl (C=O) groups is 1. The molecular weight excluding hydrogens is 442 g/mol. The molecule has 1 aromatic carbocycles. The molecule has 3 aromatic rings. The number of H-pyrrole nitrogens is 1. The molecule has 10 heteroatoms. The number of benzene rings is 1. The van der Waals surface area contributed by atoms with Crippen molar-refractivity contribution >= 4 is 27.0 Å². The van der Waals surface area contributed by atoms with Crippen LogP contribution in [0.2, 0.25) is 0 Å². The van der Waals surface area contributed by atoms with Gasteiger partial charge in [0.1, 0.15) is 22.4 Å². The third-order valence-electron chi connectivity index (χ3n) is 5.69. The Morgan fingerprint density at radius 2 is 1.88 bits per heavy atom. The molecule has 0 aliphatic carbocycles. The van der Waals surface area contributed by atoms with Crippen LogP contribution in [0.5, 0.6) is 5.75 Å². The number of amides is 1. The molecule has 1 saturated heterocycles. The van der Waals surface area contributed by atoms with Crippen molar-refractivity contribution in [3.63, 3.8) is 0 Å². The largest absolute Gasteiger partial charge is 0.479 e. The van der Waals surface area contributed by atoms with E-state index in [9.17, 15) is 18.5 Å². The fourth-order valence-corrected chi connectivity index (χ4v) is 5.45. The summed E-state index contributed by atoms with van der Waals surface area (Å²) in [5.74, 6) is 0.0111. The molecule has 0 saturated carbocycles. The van der Waals surface area contributed by atoms with E-state index in [4.69, 9.17) is 4.74 Å². The van der Waals surface area contributed by atoms with Crippen LogP contribution in [-0.2, 0) is 14.8 Å². The summed E-state index contributed by atoms with van der Waals surface area (Å²) >= 11 is 0. The van der Waals surface area contributed by atoms with E-state index in [0.29, 0.717) is 22.3 Å². The van der Waals surface area contributed by atoms with E-state index >= 15 is 0 Å². The standard InChI is InChI=1S/C23H25N5O4S/c1-16(2)21(32-19-8-4-3-6-17(19)14-24)23(29)27-10-12-28(13-11-27)33(30,31)20-15-26-22-18(20)7-5-9-25-22/h3-9,15-16,21H,10-13H2,1-2H3,(H,25,26). The zero-order valence-electron chi connectivity index (χ0n) is 18.4. The molecule has 1 aliphatic rings. The molecule has 33 heavy (non-hydrogen) atoms. The number of pyridine rings is 1. The average molecular weight is 468 g/mol. The zero-order chi connectivity index (χ0) is 23.6. The summed E-state index contributed by atoms with van der Waals surface area (Å²) in [4.78, 5) is 22.1. The first kappa shape index (κ1) is 22.8. The number of aromatic amines is 1. The molecule has 1 atom stereocenters. The number of nitrogens with one attached hydrogen (secondary N) is 1. The average Bonchev–Trinajstić information content (AvgIpc) is 3.27. The van der Waals surface area contributed by atoms with Gasteiger partial charge in [-0.2, -0.15) is 9.57 Å². The van der Waals surface area contributed by atoms with Gasteiger partial charge in [0.05, 0.1) is 5.56 Å². The van der Waals surface area contributed by atoms with Crippen molar-refractivity contribution in [2.45, 2.75) is 24.8 Å². The number of fused-ring (bicyclic) bond motifs is 1. The molecule has 1 amide bonds. The molecule has 3 heterocycles. The molecule has 1 fully saturated rings. The van der Waals surface area contributed by atoms with Crippen molar-refractivity contribution in [3.8, 4) is 11.8 Å². The number of sulfonamides is 1. The van der Waals surface area contributed by atoms with Crippen LogP contribution in [0.4, 0.5) is 0 Å². The summed E-state index contributed by atoms with van der Waals surface area (Å²) in [6.45, 7) is 4.63. The van der Waals surface area contributed by atoms with E-state index in [1.54, 1.807) is 47.5 Å². The number of hydrogen-bond donors (Lipinski definition) is 1. The Hall–Kier alpha value is -3.42. The number of nitrogens with zero attached hydrogens (tertiary/aromatic N) is 4. The number of piperazine rings is 1. The lowest BCUT2D eigenvalue weighted by Crippen LogP contribution is -2.54. The quantitative estimate of drug-likeness (QED) is 0.594. The number of ether oxygens (including phenoxy) is 1. The van der Waals surface area contributed by atoms with Gasteiger partial charge in [0, 0.05) is 44.0 Å². The Morgan fingerprint density at radius 3 is 2.58 bits per heavy atom. The maximum atomic E-state index is 13.2. The van der Waals surface area contributed by atoms with Crippen LogP contribution in [0.3, 0.4) is 0 Å². The Bertz CT molecular complexity index is 1300. The lowest BCUT2D eigenvalue weighted by Gasteiger charge is -2.36. The minimum absolute atomic E-state index is 0.135. The Balaban J connectivity index is 1.47. The monoisotopic (exact) mass is 467 g/mol. The van der Waals surface area contributed by atoms with E-state index in [0.717, 1.165) is 0 Å². The highest BCUT2D eigenvalue weighted by Gasteiger charge is 2.35. The number of aromatic nitrogens is 2. The topological polar surface area (TPSA) is 119 Å². The second kappa shape index (κ2) is 9.21. The molecular formula is C23H25N5O4S. The van der Waals surface area contributed by atoms with E-state index in [2.05, 4.69) is 16.0 Å². The minimum atomic E-state index is -3.73. The highest BCUT2D eigenvalue weighted by Crippen LogP contribution is 2.26. The van der Waals surface area contributed by atoms with Crippen LogP contribution in [0.1, 0.15) is 19.4 Å². The van der Waals surface area contributed by atoms with Gasteiger partial charge >= 0.3 is 0 Å². The SMILES string of the molecule is CC(C)C(Oc1ccccc1C#N)C(=O)N1CCN(S(=O)(=O)c2c[nH]c3ncccc23)CC1. The predicted octanol–water partition coefficient (Wildman–Crippen LogP) is 2.37.